The summed E-state index contributed by atoms with van der Waals surface area (Å²) in [5.74, 6) is -1.17. The van der Waals surface area contributed by atoms with Crippen LogP contribution in [0.1, 0.15) is 12.5 Å². The van der Waals surface area contributed by atoms with E-state index in [2.05, 4.69) is 5.32 Å². The summed E-state index contributed by atoms with van der Waals surface area (Å²) in [6, 6.07) is 2.02. The van der Waals surface area contributed by atoms with Crippen LogP contribution in [0, 0.1) is 22.9 Å². The topological polar surface area (TPSA) is 72.2 Å². The van der Waals surface area contributed by atoms with E-state index in [1.807, 2.05) is 0 Å². The molecule has 0 aliphatic rings. The van der Waals surface area contributed by atoms with Gasteiger partial charge in [-0.05, 0) is 13.0 Å². The average Bonchev–Trinajstić information content (AvgIpc) is 2.08. The third-order valence-corrected chi connectivity index (χ3v) is 1.79. The van der Waals surface area contributed by atoms with Crippen LogP contribution in [0.25, 0.3) is 0 Å². The SMILES string of the molecule is CC(=O)Nc1cc([N+](=O)[O-])c(C)cc1F. The number of carbonyl (C=O) groups is 1. The Balaban J connectivity index is 3.23. The summed E-state index contributed by atoms with van der Waals surface area (Å²) in [4.78, 5) is 20.6. The van der Waals surface area contributed by atoms with Crippen molar-refractivity contribution in [3.05, 3.63) is 33.6 Å². The van der Waals surface area contributed by atoms with Crippen LogP contribution in [0.5, 0.6) is 0 Å². The molecule has 0 heterocycles. The number of nitrogens with one attached hydrogen (secondary N) is 1. The molecule has 0 saturated heterocycles. The Hall–Kier alpha value is -1.98. The van der Waals surface area contributed by atoms with Gasteiger partial charge < -0.3 is 5.32 Å². The van der Waals surface area contributed by atoms with Gasteiger partial charge in [0.2, 0.25) is 5.91 Å². The lowest BCUT2D eigenvalue weighted by atomic mass is 10.1. The summed E-state index contributed by atoms with van der Waals surface area (Å²) in [7, 11) is 0. The zero-order chi connectivity index (χ0) is 11.6. The number of rotatable bonds is 2. The number of halogens is 1. The van der Waals surface area contributed by atoms with Crippen LogP contribution >= 0.6 is 0 Å². The number of nitrogens with zero attached hydrogens (tertiary/aromatic N) is 1. The molecule has 0 aromatic heterocycles. The third-order valence-electron chi connectivity index (χ3n) is 1.79. The standard InChI is InChI=1S/C9H9FN2O3/c1-5-3-7(10)8(11-6(2)13)4-9(5)12(14)15/h3-4H,1-2H3,(H,11,13). The van der Waals surface area contributed by atoms with E-state index in [-0.39, 0.29) is 16.9 Å². The molecule has 0 aliphatic heterocycles. The van der Waals surface area contributed by atoms with Crippen molar-refractivity contribution in [3.63, 3.8) is 0 Å². The first-order valence-corrected chi connectivity index (χ1v) is 4.14. The molecule has 1 N–H and O–H groups in total. The van der Waals surface area contributed by atoms with Crippen molar-refractivity contribution in [2.75, 3.05) is 5.32 Å². The third kappa shape index (κ3) is 2.49. The van der Waals surface area contributed by atoms with Gasteiger partial charge in [-0.2, -0.15) is 0 Å². The van der Waals surface area contributed by atoms with Crippen molar-refractivity contribution < 1.29 is 14.1 Å². The molecule has 5 nitrogen and oxygen atoms in total. The minimum atomic E-state index is -0.687. The highest BCUT2D eigenvalue weighted by Crippen LogP contribution is 2.25. The summed E-state index contributed by atoms with van der Waals surface area (Å²) in [6.07, 6.45) is 0. The smallest absolute Gasteiger partial charge is 0.274 e. The van der Waals surface area contributed by atoms with Crippen LogP contribution in [0.15, 0.2) is 12.1 Å². The first-order valence-electron chi connectivity index (χ1n) is 4.14. The van der Waals surface area contributed by atoms with Crippen molar-refractivity contribution in [2.24, 2.45) is 0 Å². The van der Waals surface area contributed by atoms with Crippen LogP contribution in [0.2, 0.25) is 0 Å². The second-order valence-corrected chi connectivity index (χ2v) is 3.06. The van der Waals surface area contributed by atoms with Crippen LogP contribution < -0.4 is 5.32 Å². The number of anilines is 1. The Labute approximate surface area is 85.1 Å². The Bertz CT molecular complexity index is 432. The van der Waals surface area contributed by atoms with Crippen LogP contribution in [-0.4, -0.2) is 10.8 Å². The van der Waals surface area contributed by atoms with Gasteiger partial charge in [0, 0.05) is 18.6 Å². The van der Waals surface area contributed by atoms with Crippen LogP contribution in [-0.2, 0) is 4.79 Å². The first kappa shape index (κ1) is 11.1. The van der Waals surface area contributed by atoms with E-state index in [1.54, 1.807) is 0 Å². The molecule has 0 radical (unpaired) electrons. The number of aryl methyl sites for hydroxylation is 1. The van der Waals surface area contributed by atoms with Gasteiger partial charge >= 0.3 is 0 Å². The fourth-order valence-electron chi connectivity index (χ4n) is 1.14. The molecule has 80 valence electrons. The predicted molar refractivity (Wildman–Crippen MR) is 52.1 cm³/mol. The predicted octanol–water partition coefficient (Wildman–Crippen LogP) is 2.00. The van der Waals surface area contributed by atoms with Crippen LogP contribution in [0.3, 0.4) is 0 Å². The van der Waals surface area contributed by atoms with Gasteiger partial charge in [0.25, 0.3) is 5.69 Å². The van der Waals surface area contributed by atoms with Crippen molar-refractivity contribution in [1.29, 1.82) is 0 Å². The van der Waals surface area contributed by atoms with Gasteiger partial charge in [0.1, 0.15) is 5.82 Å². The summed E-state index contributed by atoms with van der Waals surface area (Å²) >= 11 is 0. The lowest BCUT2D eigenvalue weighted by Gasteiger charge is -2.05. The van der Waals surface area contributed by atoms with E-state index >= 15 is 0 Å². The fourth-order valence-corrected chi connectivity index (χ4v) is 1.14. The Morgan fingerprint density at radius 3 is 2.60 bits per heavy atom. The molecular weight excluding hydrogens is 203 g/mol. The molecule has 0 spiro atoms. The molecule has 15 heavy (non-hydrogen) atoms. The van der Waals surface area contributed by atoms with E-state index in [0.717, 1.165) is 12.1 Å². The molecule has 0 fully saturated rings. The maximum Gasteiger partial charge on any atom is 0.274 e. The minimum absolute atomic E-state index is 0.181. The largest absolute Gasteiger partial charge is 0.324 e. The van der Waals surface area contributed by atoms with Gasteiger partial charge in [-0.3, -0.25) is 14.9 Å². The van der Waals surface area contributed by atoms with Crippen molar-refractivity contribution >= 4 is 17.3 Å². The Morgan fingerprint density at radius 1 is 1.53 bits per heavy atom. The molecule has 0 unspecified atom stereocenters. The number of nitro groups is 1. The summed E-state index contributed by atoms with van der Waals surface area (Å²) in [5.41, 5.74) is -0.188. The van der Waals surface area contributed by atoms with Crippen molar-refractivity contribution in [3.8, 4) is 0 Å². The number of hydrogen-bond donors (Lipinski definition) is 1. The number of carbonyl (C=O) groups excluding carboxylic acids is 1. The number of amides is 1. The lowest BCUT2D eigenvalue weighted by Crippen LogP contribution is -2.08. The molecule has 0 saturated carbocycles. The van der Waals surface area contributed by atoms with Gasteiger partial charge in [-0.1, -0.05) is 0 Å². The molecule has 0 atom stereocenters. The van der Waals surface area contributed by atoms with Crippen molar-refractivity contribution in [2.45, 2.75) is 13.8 Å². The molecule has 0 bridgehead atoms. The maximum absolute atomic E-state index is 13.2. The molecule has 1 amide bonds. The average molecular weight is 212 g/mol. The zero-order valence-corrected chi connectivity index (χ0v) is 8.20. The van der Waals surface area contributed by atoms with Crippen LogP contribution in [0.4, 0.5) is 15.8 Å². The Kier molecular flexibility index (Phi) is 2.99. The normalized spacial score (nSPS) is 9.80. The van der Waals surface area contributed by atoms with E-state index < -0.39 is 16.6 Å². The molecule has 6 heteroatoms. The van der Waals surface area contributed by atoms with E-state index in [4.69, 9.17) is 0 Å². The van der Waals surface area contributed by atoms with Gasteiger partial charge in [-0.25, -0.2) is 4.39 Å². The molecule has 1 aromatic rings. The monoisotopic (exact) mass is 212 g/mol. The number of benzene rings is 1. The number of nitro benzene ring substituents is 1. The fraction of sp³-hybridized carbons (Fsp3) is 0.222. The second kappa shape index (κ2) is 4.04. The maximum atomic E-state index is 13.2. The highest BCUT2D eigenvalue weighted by atomic mass is 19.1. The second-order valence-electron chi connectivity index (χ2n) is 3.06. The molecule has 0 aliphatic carbocycles. The molecular formula is C9H9FN2O3. The number of hydrogen-bond acceptors (Lipinski definition) is 3. The highest BCUT2D eigenvalue weighted by Gasteiger charge is 2.15. The zero-order valence-electron chi connectivity index (χ0n) is 8.20. The van der Waals surface area contributed by atoms with E-state index in [0.29, 0.717) is 0 Å². The van der Waals surface area contributed by atoms with Gasteiger partial charge in [0.05, 0.1) is 10.6 Å². The van der Waals surface area contributed by atoms with Gasteiger partial charge in [0.15, 0.2) is 0 Å². The summed E-state index contributed by atoms with van der Waals surface area (Å²) in [6.45, 7) is 2.63. The van der Waals surface area contributed by atoms with E-state index in [1.165, 1.54) is 13.8 Å². The quantitative estimate of drug-likeness (QED) is 0.601. The summed E-state index contributed by atoms with van der Waals surface area (Å²) in [5, 5.41) is 12.7. The molecule has 1 aromatic carbocycles. The summed E-state index contributed by atoms with van der Waals surface area (Å²) < 4.78 is 13.2. The Morgan fingerprint density at radius 2 is 2.13 bits per heavy atom. The van der Waals surface area contributed by atoms with E-state index in [9.17, 15) is 19.3 Å². The highest BCUT2D eigenvalue weighted by molar-refractivity contribution is 5.89. The first-order chi connectivity index (χ1) is 6.91. The van der Waals surface area contributed by atoms with Gasteiger partial charge in [-0.15, -0.1) is 0 Å². The lowest BCUT2D eigenvalue weighted by molar-refractivity contribution is -0.385. The minimum Gasteiger partial charge on any atom is -0.324 e. The van der Waals surface area contributed by atoms with Crippen molar-refractivity contribution in [1.82, 2.24) is 0 Å². The molecule has 1 rings (SSSR count).